The molecule has 0 radical (unpaired) electrons. The fourth-order valence-electron chi connectivity index (χ4n) is 1.68. The summed E-state index contributed by atoms with van der Waals surface area (Å²) in [5.41, 5.74) is 0.614. The topological polar surface area (TPSA) is 95.9 Å². The predicted molar refractivity (Wildman–Crippen MR) is 76.2 cm³/mol. The molecular weight excluding hydrogens is 276 g/mol. The summed E-state index contributed by atoms with van der Waals surface area (Å²) in [7, 11) is 2.85. The van der Waals surface area contributed by atoms with Crippen LogP contribution < -0.4 is 5.32 Å². The first-order valence-corrected chi connectivity index (χ1v) is 6.28. The largest absolute Gasteiger partial charge is 0.478 e. The van der Waals surface area contributed by atoms with Gasteiger partial charge in [-0.3, -0.25) is 4.79 Å². The van der Waals surface area contributed by atoms with Crippen molar-refractivity contribution in [2.45, 2.75) is 6.92 Å². The van der Waals surface area contributed by atoms with Gasteiger partial charge in [0.25, 0.3) is 0 Å². The monoisotopic (exact) mass is 294 g/mol. The van der Waals surface area contributed by atoms with E-state index in [1.54, 1.807) is 14.0 Å². The molecule has 1 rings (SSSR count). The van der Waals surface area contributed by atoms with Gasteiger partial charge in [-0.2, -0.15) is 0 Å². The molecule has 2 amide bonds. The van der Waals surface area contributed by atoms with Crippen LogP contribution in [0.4, 0.5) is 10.5 Å². The summed E-state index contributed by atoms with van der Waals surface area (Å²) >= 11 is 0. The zero-order valence-corrected chi connectivity index (χ0v) is 12.1. The summed E-state index contributed by atoms with van der Waals surface area (Å²) in [6.07, 6.45) is 0. The summed E-state index contributed by atoms with van der Waals surface area (Å²) < 4.78 is 4.59. The molecule has 0 heterocycles. The minimum Gasteiger partial charge on any atom is -0.478 e. The van der Waals surface area contributed by atoms with Crippen molar-refractivity contribution in [3.63, 3.8) is 0 Å². The Bertz CT molecular complexity index is 527. The SMILES string of the molecule is COC(=O)C(C)CN(C)C(=O)Nc1ccc(C(=O)O)cc1. The zero-order valence-electron chi connectivity index (χ0n) is 12.1. The van der Waals surface area contributed by atoms with Crippen molar-refractivity contribution >= 4 is 23.7 Å². The van der Waals surface area contributed by atoms with E-state index in [9.17, 15) is 14.4 Å². The van der Waals surface area contributed by atoms with Gasteiger partial charge < -0.3 is 20.1 Å². The molecule has 0 aliphatic carbocycles. The molecule has 0 aliphatic rings. The first-order chi connectivity index (χ1) is 9.85. The molecule has 0 saturated carbocycles. The summed E-state index contributed by atoms with van der Waals surface area (Å²) in [4.78, 5) is 35.3. The van der Waals surface area contributed by atoms with Crippen molar-refractivity contribution in [2.75, 3.05) is 26.0 Å². The molecule has 0 spiro atoms. The lowest BCUT2D eigenvalue weighted by atomic mass is 10.2. The van der Waals surface area contributed by atoms with Crippen LogP contribution in [0.5, 0.6) is 0 Å². The van der Waals surface area contributed by atoms with Gasteiger partial charge in [-0.25, -0.2) is 9.59 Å². The maximum absolute atomic E-state index is 11.9. The second-order valence-electron chi connectivity index (χ2n) is 4.62. The van der Waals surface area contributed by atoms with Gasteiger partial charge in [0.05, 0.1) is 18.6 Å². The third-order valence-electron chi connectivity index (χ3n) is 2.88. The van der Waals surface area contributed by atoms with E-state index in [4.69, 9.17) is 5.11 Å². The Morgan fingerprint density at radius 1 is 1.29 bits per heavy atom. The predicted octanol–water partition coefficient (Wildman–Crippen LogP) is 1.66. The molecule has 114 valence electrons. The number of hydrogen-bond donors (Lipinski definition) is 2. The molecule has 0 fully saturated rings. The second kappa shape index (κ2) is 7.28. The molecule has 1 aromatic carbocycles. The maximum atomic E-state index is 11.9. The van der Waals surface area contributed by atoms with Gasteiger partial charge in [-0.15, -0.1) is 0 Å². The van der Waals surface area contributed by atoms with Crippen LogP contribution in [0.3, 0.4) is 0 Å². The van der Waals surface area contributed by atoms with Crippen LogP contribution in [0.25, 0.3) is 0 Å². The Balaban J connectivity index is 2.59. The van der Waals surface area contributed by atoms with Gasteiger partial charge in [-0.1, -0.05) is 6.92 Å². The van der Waals surface area contributed by atoms with Crippen molar-refractivity contribution in [3.05, 3.63) is 29.8 Å². The normalized spacial score (nSPS) is 11.4. The fraction of sp³-hybridized carbons (Fsp3) is 0.357. The molecule has 1 unspecified atom stereocenters. The number of aromatic carboxylic acids is 1. The average molecular weight is 294 g/mol. The summed E-state index contributed by atoms with van der Waals surface area (Å²) in [5.74, 6) is -1.85. The molecular formula is C14H18N2O5. The van der Waals surface area contributed by atoms with Crippen LogP contribution in [0.15, 0.2) is 24.3 Å². The maximum Gasteiger partial charge on any atom is 0.335 e. The highest BCUT2D eigenvalue weighted by Crippen LogP contribution is 2.11. The lowest BCUT2D eigenvalue weighted by Crippen LogP contribution is -2.37. The number of carboxylic acids is 1. The standard InChI is InChI=1S/C14H18N2O5/c1-9(13(19)21-3)8-16(2)14(20)15-11-6-4-10(5-7-11)12(17)18/h4-7,9H,8H2,1-3H3,(H,15,20)(H,17,18). The minimum absolute atomic E-state index is 0.140. The van der Waals surface area contributed by atoms with E-state index in [-0.39, 0.29) is 18.1 Å². The number of hydrogen-bond acceptors (Lipinski definition) is 4. The third kappa shape index (κ3) is 4.79. The van der Waals surface area contributed by atoms with Crippen molar-refractivity contribution in [2.24, 2.45) is 5.92 Å². The molecule has 1 aromatic rings. The highest BCUT2D eigenvalue weighted by atomic mass is 16.5. The van der Waals surface area contributed by atoms with Gasteiger partial charge in [0, 0.05) is 19.3 Å². The van der Waals surface area contributed by atoms with Crippen LogP contribution >= 0.6 is 0 Å². The smallest absolute Gasteiger partial charge is 0.335 e. The minimum atomic E-state index is -1.03. The number of nitrogens with zero attached hydrogens (tertiary/aromatic N) is 1. The Morgan fingerprint density at radius 2 is 1.86 bits per heavy atom. The third-order valence-corrected chi connectivity index (χ3v) is 2.88. The van der Waals surface area contributed by atoms with Crippen molar-refractivity contribution < 1.29 is 24.2 Å². The van der Waals surface area contributed by atoms with Gasteiger partial charge in [-0.05, 0) is 24.3 Å². The van der Waals surface area contributed by atoms with Crippen LogP contribution in [0.1, 0.15) is 17.3 Å². The highest BCUT2D eigenvalue weighted by molar-refractivity contribution is 5.91. The Morgan fingerprint density at radius 3 is 2.33 bits per heavy atom. The van der Waals surface area contributed by atoms with E-state index >= 15 is 0 Å². The number of nitrogens with one attached hydrogen (secondary N) is 1. The fourth-order valence-corrected chi connectivity index (χ4v) is 1.68. The summed E-state index contributed by atoms with van der Waals surface area (Å²) in [6.45, 7) is 1.88. The highest BCUT2D eigenvalue weighted by Gasteiger charge is 2.18. The number of carbonyl (C=O) groups is 3. The number of methoxy groups -OCH3 is 1. The first kappa shape index (κ1) is 16.5. The Labute approximate surface area is 122 Å². The number of ether oxygens (including phenoxy) is 1. The van der Waals surface area contributed by atoms with E-state index in [2.05, 4.69) is 10.1 Å². The molecule has 0 saturated heterocycles. The quantitative estimate of drug-likeness (QED) is 0.805. The number of benzene rings is 1. The number of carboxylic acid groups (broad SMARTS) is 1. The number of anilines is 1. The van der Waals surface area contributed by atoms with E-state index in [1.165, 1.54) is 36.3 Å². The van der Waals surface area contributed by atoms with Crippen LogP contribution in [0, 0.1) is 5.92 Å². The second-order valence-corrected chi connectivity index (χ2v) is 4.62. The molecule has 2 N–H and O–H groups in total. The summed E-state index contributed by atoms with van der Waals surface area (Å²) in [6, 6.07) is 5.40. The van der Waals surface area contributed by atoms with E-state index in [0.29, 0.717) is 5.69 Å². The molecule has 0 aromatic heterocycles. The molecule has 0 bridgehead atoms. The molecule has 21 heavy (non-hydrogen) atoms. The van der Waals surface area contributed by atoms with Crippen LogP contribution in [-0.2, 0) is 9.53 Å². The molecule has 7 nitrogen and oxygen atoms in total. The van der Waals surface area contributed by atoms with Gasteiger partial charge in [0.15, 0.2) is 0 Å². The van der Waals surface area contributed by atoms with Crippen LogP contribution in [-0.4, -0.2) is 48.7 Å². The first-order valence-electron chi connectivity index (χ1n) is 6.28. The molecule has 0 aliphatic heterocycles. The van der Waals surface area contributed by atoms with Gasteiger partial charge in [0.1, 0.15) is 0 Å². The van der Waals surface area contributed by atoms with Gasteiger partial charge >= 0.3 is 18.0 Å². The Kier molecular flexibility index (Phi) is 5.71. The van der Waals surface area contributed by atoms with Crippen LogP contribution in [0.2, 0.25) is 0 Å². The number of amides is 2. The van der Waals surface area contributed by atoms with Crippen molar-refractivity contribution in [1.82, 2.24) is 4.90 Å². The lowest BCUT2D eigenvalue weighted by molar-refractivity contribution is -0.145. The number of rotatable bonds is 5. The van der Waals surface area contributed by atoms with Crippen molar-refractivity contribution in [3.8, 4) is 0 Å². The van der Waals surface area contributed by atoms with E-state index in [1.807, 2.05) is 0 Å². The Hall–Kier alpha value is -2.57. The molecule has 1 atom stereocenters. The lowest BCUT2D eigenvalue weighted by Gasteiger charge is -2.20. The van der Waals surface area contributed by atoms with E-state index in [0.717, 1.165) is 0 Å². The number of carbonyl (C=O) groups excluding carboxylic acids is 2. The number of esters is 1. The summed E-state index contributed by atoms with van der Waals surface area (Å²) in [5, 5.41) is 11.4. The zero-order chi connectivity index (χ0) is 16.0. The molecule has 7 heteroatoms. The average Bonchev–Trinajstić information content (AvgIpc) is 2.46. The van der Waals surface area contributed by atoms with Crippen molar-refractivity contribution in [1.29, 1.82) is 0 Å². The van der Waals surface area contributed by atoms with Gasteiger partial charge in [0.2, 0.25) is 0 Å². The number of urea groups is 1. The van der Waals surface area contributed by atoms with E-state index < -0.39 is 17.9 Å².